The van der Waals surface area contributed by atoms with Crippen LogP contribution in [-0.4, -0.2) is 97.7 Å². The molecular weight excluding hydrogens is 614 g/mol. The molecule has 11 heteroatoms. The van der Waals surface area contributed by atoms with Crippen molar-refractivity contribution in [3.8, 4) is 0 Å². The molecule has 1 aromatic carbocycles. The van der Waals surface area contributed by atoms with Crippen LogP contribution >= 0.6 is 11.3 Å². The average Bonchev–Trinajstić information content (AvgIpc) is 3.78. The second kappa shape index (κ2) is 18.6. The molecule has 1 aliphatic heterocycles. The Balaban J connectivity index is 1.76. The van der Waals surface area contributed by atoms with Crippen molar-refractivity contribution in [2.75, 3.05) is 34.9 Å². The maximum absolute atomic E-state index is 14.0. The highest BCUT2D eigenvalue weighted by Gasteiger charge is 2.42. The Morgan fingerprint density at radius 1 is 1.11 bits per heavy atom. The van der Waals surface area contributed by atoms with Gasteiger partial charge in [0, 0.05) is 39.4 Å². The van der Waals surface area contributed by atoms with Crippen LogP contribution < -0.4 is 10.6 Å². The molecule has 8 unspecified atom stereocenters. The summed E-state index contributed by atoms with van der Waals surface area (Å²) in [6.45, 7) is 10.7. The largest absolute Gasteiger partial charge is 0.379 e. The van der Waals surface area contributed by atoms with Gasteiger partial charge in [0.25, 0.3) is 0 Å². The molecule has 8 atom stereocenters. The number of ether oxygens (including phenoxy) is 2. The number of hydrogen-bond acceptors (Lipinski definition) is 8. The smallest absolute Gasteiger partial charge is 0.240 e. The predicted molar refractivity (Wildman–Crippen MR) is 187 cm³/mol. The van der Waals surface area contributed by atoms with E-state index in [-0.39, 0.29) is 60.1 Å². The van der Waals surface area contributed by atoms with E-state index in [2.05, 4.69) is 29.5 Å². The summed E-state index contributed by atoms with van der Waals surface area (Å²) >= 11 is 1.52. The summed E-state index contributed by atoms with van der Waals surface area (Å²) in [4.78, 5) is 49.5. The minimum absolute atomic E-state index is 0.0102. The highest BCUT2D eigenvalue weighted by molar-refractivity contribution is 7.09. The standard InChI is InChI=1S/C36H57N5O5S/c1-10-24(4)32(40(7)36(44)31(37-6)23(2)3)29(45-8)22-30(42)41-19-14-17-28(41)33(46-9)25(5)34(43)39-27(35-38-18-20-47-35)21-26-15-12-11-13-16-26/h11-13,15-16,18,20,23-25,27-29,31-33,37H,10,14,17,19,21-22H2,1-9H3,(H,39,43). The van der Waals surface area contributed by atoms with E-state index >= 15 is 0 Å². The number of aromatic nitrogens is 1. The van der Waals surface area contributed by atoms with Crippen molar-refractivity contribution in [3.05, 3.63) is 52.5 Å². The molecule has 3 rings (SSSR count). The van der Waals surface area contributed by atoms with E-state index in [9.17, 15) is 14.4 Å². The van der Waals surface area contributed by atoms with Crippen molar-refractivity contribution < 1.29 is 23.9 Å². The molecule has 262 valence electrons. The molecule has 1 aromatic heterocycles. The van der Waals surface area contributed by atoms with E-state index in [4.69, 9.17) is 9.47 Å². The number of likely N-dealkylation sites (N-methyl/N-ethyl adjacent to an activating group) is 2. The lowest BCUT2D eigenvalue weighted by atomic mass is 9.89. The van der Waals surface area contributed by atoms with Crippen LogP contribution in [0.2, 0.25) is 0 Å². The van der Waals surface area contributed by atoms with Gasteiger partial charge in [0.1, 0.15) is 5.01 Å². The molecule has 1 saturated heterocycles. The number of methoxy groups -OCH3 is 2. The number of nitrogens with zero attached hydrogens (tertiary/aromatic N) is 3. The monoisotopic (exact) mass is 671 g/mol. The lowest BCUT2D eigenvalue weighted by Crippen LogP contribution is -2.56. The van der Waals surface area contributed by atoms with Gasteiger partial charge in [0.15, 0.2) is 0 Å². The van der Waals surface area contributed by atoms with E-state index in [0.717, 1.165) is 29.8 Å². The van der Waals surface area contributed by atoms with E-state index in [1.54, 1.807) is 32.4 Å². The Morgan fingerprint density at radius 2 is 1.81 bits per heavy atom. The zero-order chi connectivity index (χ0) is 34.7. The number of hydrogen-bond donors (Lipinski definition) is 2. The fraction of sp³-hybridized carbons (Fsp3) is 0.667. The fourth-order valence-corrected chi connectivity index (χ4v) is 7.72. The van der Waals surface area contributed by atoms with Crippen LogP contribution in [0.3, 0.4) is 0 Å². The van der Waals surface area contributed by atoms with E-state index in [1.165, 1.54) is 11.3 Å². The second-order valence-electron chi connectivity index (χ2n) is 13.2. The van der Waals surface area contributed by atoms with Crippen molar-refractivity contribution in [2.24, 2.45) is 17.8 Å². The fourth-order valence-electron chi connectivity index (χ4n) is 7.03. The maximum Gasteiger partial charge on any atom is 0.240 e. The van der Waals surface area contributed by atoms with E-state index < -0.39 is 18.1 Å². The average molecular weight is 672 g/mol. The third-order valence-corrected chi connectivity index (χ3v) is 10.7. The Bertz CT molecular complexity index is 1250. The first-order valence-electron chi connectivity index (χ1n) is 17.0. The number of carbonyl (C=O) groups excluding carboxylic acids is 3. The van der Waals surface area contributed by atoms with Crippen LogP contribution in [0.1, 0.15) is 76.9 Å². The normalized spacial score (nSPS) is 19.4. The summed E-state index contributed by atoms with van der Waals surface area (Å²) in [5.41, 5.74) is 1.11. The first-order valence-corrected chi connectivity index (χ1v) is 17.9. The highest BCUT2D eigenvalue weighted by Crippen LogP contribution is 2.30. The van der Waals surface area contributed by atoms with Gasteiger partial charge in [-0.3, -0.25) is 14.4 Å². The minimum Gasteiger partial charge on any atom is -0.379 e. The van der Waals surface area contributed by atoms with Gasteiger partial charge in [-0.05, 0) is 43.7 Å². The van der Waals surface area contributed by atoms with Gasteiger partial charge in [0.05, 0.1) is 48.7 Å². The van der Waals surface area contributed by atoms with Gasteiger partial charge in [-0.2, -0.15) is 0 Å². The first-order chi connectivity index (χ1) is 22.5. The van der Waals surface area contributed by atoms with Gasteiger partial charge in [-0.15, -0.1) is 11.3 Å². The molecule has 3 amide bonds. The zero-order valence-corrected chi connectivity index (χ0v) is 30.6. The molecule has 2 heterocycles. The molecule has 0 bridgehead atoms. The Morgan fingerprint density at radius 3 is 2.36 bits per heavy atom. The molecule has 2 N–H and O–H groups in total. The van der Waals surface area contributed by atoms with Gasteiger partial charge in [-0.25, -0.2) is 4.98 Å². The summed E-state index contributed by atoms with van der Waals surface area (Å²) < 4.78 is 12.0. The third kappa shape index (κ3) is 9.84. The molecule has 0 aliphatic carbocycles. The number of carbonyl (C=O) groups is 3. The summed E-state index contributed by atoms with van der Waals surface area (Å²) in [6.07, 6.45) is 3.92. The lowest BCUT2D eigenvalue weighted by molar-refractivity contribution is -0.147. The SMILES string of the molecule is CCC(C)C(C(CC(=O)N1CCCC1C(OC)C(C)C(=O)NC(Cc1ccccc1)c1nccs1)OC)N(C)C(=O)C(NC)C(C)C. The van der Waals surface area contributed by atoms with Gasteiger partial charge < -0.3 is 29.9 Å². The van der Waals surface area contributed by atoms with Crippen LogP contribution in [0, 0.1) is 17.8 Å². The van der Waals surface area contributed by atoms with Crippen molar-refractivity contribution in [2.45, 2.75) is 103 Å². The number of amides is 3. The number of thiazole rings is 1. The third-order valence-electron chi connectivity index (χ3n) is 9.85. The van der Waals surface area contributed by atoms with Gasteiger partial charge in [-0.1, -0.05) is 71.4 Å². The van der Waals surface area contributed by atoms with Crippen LogP contribution in [0.25, 0.3) is 0 Å². The molecule has 0 radical (unpaired) electrons. The maximum atomic E-state index is 14.0. The molecule has 1 aliphatic rings. The van der Waals surface area contributed by atoms with Crippen molar-refractivity contribution in [1.82, 2.24) is 25.4 Å². The number of rotatable bonds is 18. The Hall–Kier alpha value is -2.86. The summed E-state index contributed by atoms with van der Waals surface area (Å²) in [6, 6.07) is 8.91. The number of likely N-dealkylation sites (tertiary alicyclic amines) is 1. The van der Waals surface area contributed by atoms with Gasteiger partial charge in [0.2, 0.25) is 17.7 Å². The van der Waals surface area contributed by atoms with E-state index in [1.807, 2.05) is 68.4 Å². The number of nitrogens with one attached hydrogen (secondary N) is 2. The first kappa shape index (κ1) is 38.6. The molecular formula is C36H57N5O5S. The molecule has 0 spiro atoms. The molecule has 2 aromatic rings. The quantitative estimate of drug-likeness (QED) is 0.236. The van der Waals surface area contributed by atoms with E-state index in [0.29, 0.717) is 13.0 Å². The summed E-state index contributed by atoms with van der Waals surface area (Å²) in [7, 11) is 6.85. The summed E-state index contributed by atoms with van der Waals surface area (Å²) in [5.74, 6) is -0.492. The molecule has 1 fully saturated rings. The van der Waals surface area contributed by atoms with Crippen LogP contribution in [-0.2, 0) is 30.3 Å². The van der Waals surface area contributed by atoms with Crippen molar-refractivity contribution in [3.63, 3.8) is 0 Å². The minimum atomic E-state index is -0.513. The van der Waals surface area contributed by atoms with Crippen molar-refractivity contribution >= 4 is 29.1 Å². The van der Waals surface area contributed by atoms with Crippen LogP contribution in [0.15, 0.2) is 41.9 Å². The Kier molecular flexibility index (Phi) is 15.3. The summed E-state index contributed by atoms with van der Waals surface area (Å²) in [5, 5.41) is 9.15. The van der Waals surface area contributed by atoms with Crippen LogP contribution in [0.4, 0.5) is 0 Å². The highest BCUT2D eigenvalue weighted by atomic mass is 32.1. The zero-order valence-electron chi connectivity index (χ0n) is 29.8. The van der Waals surface area contributed by atoms with Gasteiger partial charge >= 0.3 is 0 Å². The lowest BCUT2D eigenvalue weighted by Gasteiger charge is -2.40. The topological polar surface area (TPSA) is 113 Å². The molecule has 10 nitrogen and oxygen atoms in total. The van der Waals surface area contributed by atoms with Crippen molar-refractivity contribution in [1.29, 1.82) is 0 Å². The Labute approximate surface area is 286 Å². The van der Waals surface area contributed by atoms with Crippen LogP contribution in [0.5, 0.6) is 0 Å². The number of benzene rings is 1. The predicted octanol–water partition coefficient (Wildman–Crippen LogP) is 4.71. The molecule has 47 heavy (non-hydrogen) atoms. The second-order valence-corrected chi connectivity index (χ2v) is 14.1. The molecule has 0 saturated carbocycles.